The smallest absolute Gasteiger partial charge is 0.310 e. The first kappa shape index (κ1) is 5.77. The van der Waals surface area contributed by atoms with Crippen molar-refractivity contribution in [3.05, 3.63) is 21.9 Å². The van der Waals surface area contributed by atoms with Crippen molar-refractivity contribution < 1.29 is 0 Å². The van der Waals surface area contributed by atoms with E-state index in [1.807, 2.05) is 0 Å². The Morgan fingerprint density at radius 1 is 1.00 bits per heavy atom. The van der Waals surface area contributed by atoms with Crippen LogP contribution in [0, 0.1) is 0 Å². The molecule has 1 aliphatic rings. The number of aryl methyl sites for hydroxylation is 2. The lowest BCUT2D eigenvalue weighted by Crippen LogP contribution is -2.00. The van der Waals surface area contributed by atoms with E-state index in [9.17, 15) is 4.79 Å². The summed E-state index contributed by atoms with van der Waals surface area (Å²) in [6.45, 7) is 0. The van der Waals surface area contributed by atoms with Crippen molar-refractivity contribution in [3.63, 3.8) is 0 Å². The van der Waals surface area contributed by atoms with Crippen LogP contribution in [0.1, 0.15) is 24.2 Å². The largest absolute Gasteiger partial charge is 0.323 e. The van der Waals surface area contributed by atoms with E-state index in [2.05, 4.69) is 9.97 Å². The van der Waals surface area contributed by atoms with E-state index in [0.29, 0.717) is 0 Å². The summed E-state index contributed by atoms with van der Waals surface area (Å²) in [5.41, 5.74) is 2.19. The first-order valence-electron chi connectivity index (χ1n) is 3.66. The molecule has 0 saturated carbocycles. The van der Waals surface area contributed by atoms with Gasteiger partial charge in [0.15, 0.2) is 0 Å². The van der Waals surface area contributed by atoms with Crippen LogP contribution in [0.5, 0.6) is 0 Å². The molecule has 3 heteroatoms. The lowest BCUT2D eigenvalue weighted by Gasteiger charge is -2.07. The summed E-state index contributed by atoms with van der Waals surface area (Å²) in [5, 5.41) is 0. The number of hydrogen-bond donors (Lipinski definition) is 2. The van der Waals surface area contributed by atoms with Gasteiger partial charge in [-0.1, -0.05) is 0 Å². The Morgan fingerprint density at radius 3 is 2.00 bits per heavy atom. The maximum absolute atomic E-state index is 10.7. The quantitative estimate of drug-likeness (QED) is 0.541. The molecular weight excluding hydrogens is 128 g/mol. The Morgan fingerprint density at radius 2 is 1.50 bits per heavy atom. The minimum atomic E-state index is -0.0492. The Kier molecular flexibility index (Phi) is 1.16. The van der Waals surface area contributed by atoms with E-state index in [-0.39, 0.29) is 5.69 Å². The summed E-state index contributed by atoms with van der Waals surface area (Å²) >= 11 is 0. The van der Waals surface area contributed by atoms with Crippen molar-refractivity contribution >= 4 is 0 Å². The Bertz CT molecular complexity index is 258. The highest BCUT2D eigenvalue weighted by Gasteiger charge is 2.10. The van der Waals surface area contributed by atoms with E-state index in [1.54, 1.807) is 0 Å². The Labute approximate surface area is 58.5 Å². The fourth-order valence-electron chi connectivity index (χ4n) is 1.49. The average molecular weight is 138 g/mol. The minimum absolute atomic E-state index is 0.0492. The van der Waals surface area contributed by atoms with Gasteiger partial charge in [-0.25, -0.2) is 4.79 Å². The topological polar surface area (TPSA) is 48.6 Å². The Hall–Kier alpha value is -0.990. The standard InChI is InChI=1S/C7H10N2O/c10-7-8-5-3-1-2-4-6(5)9-7/h1-4H2,(H2,8,9,10). The number of imidazole rings is 1. The summed E-state index contributed by atoms with van der Waals surface area (Å²) < 4.78 is 0. The molecule has 1 heterocycles. The zero-order valence-corrected chi connectivity index (χ0v) is 5.74. The summed E-state index contributed by atoms with van der Waals surface area (Å²) in [6.07, 6.45) is 4.49. The van der Waals surface area contributed by atoms with Crippen molar-refractivity contribution in [2.24, 2.45) is 0 Å². The SMILES string of the molecule is O=c1[nH]c2c([nH]1)CCCC2. The van der Waals surface area contributed by atoms with Crippen LogP contribution < -0.4 is 5.69 Å². The molecule has 0 aromatic carbocycles. The van der Waals surface area contributed by atoms with Crippen molar-refractivity contribution in [1.29, 1.82) is 0 Å². The number of rotatable bonds is 0. The summed E-state index contributed by atoms with van der Waals surface area (Å²) in [5.74, 6) is 0. The fraction of sp³-hybridized carbons (Fsp3) is 0.571. The predicted octanol–water partition coefficient (Wildman–Crippen LogP) is 0.582. The van der Waals surface area contributed by atoms with Gasteiger partial charge in [-0.2, -0.15) is 0 Å². The van der Waals surface area contributed by atoms with Gasteiger partial charge in [-0.05, 0) is 25.7 Å². The van der Waals surface area contributed by atoms with Crippen LogP contribution in [0.25, 0.3) is 0 Å². The average Bonchev–Trinajstić information content (AvgIpc) is 2.27. The molecule has 1 aromatic rings. The number of aromatic nitrogens is 2. The predicted molar refractivity (Wildman–Crippen MR) is 38.1 cm³/mol. The van der Waals surface area contributed by atoms with Gasteiger partial charge in [0.1, 0.15) is 0 Å². The molecule has 0 unspecified atom stereocenters. The van der Waals surface area contributed by atoms with Crippen molar-refractivity contribution in [3.8, 4) is 0 Å². The summed E-state index contributed by atoms with van der Waals surface area (Å²) in [4.78, 5) is 16.3. The zero-order valence-electron chi connectivity index (χ0n) is 5.74. The molecule has 0 saturated heterocycles. The van der Waals surface area contributed by atoms with Gasteiger partial charge in [0, 0.05) is 11.4 Å². The number of H-pyrrole nitrogens is 2. The molecule has 10 heavy (non-hydrogen) atoms. The van der Waals surface area contributed by atoms with Crippen molar-refractivity contribution in [2.75, 3.05) is 0 Å². The summed E-state index contributed by atoms with van der Waals surface area (Å²) in [6, 6.07) is 0. The number of aromatic amines is 2. The third-order valence-electron chi connectivity index (χ3n) is 2.00. The maximum atomic E-state index is 10.7. The molecule has 0 amide bonds. The molecule has 1 aromatic heterocycles. The van der Waals surface area contributed by atoms with Gasteiger partial charge in [0.25, 0.3) is 0 Å². The zero-order chi connectivity index (χ0) is 6.97. The monoisotopic (exact) mass is 138 g/mol. The first-order chi connectivity index (χ1) is 4.86. The second-order valence-electron chi connectivity index (χ2n) is 2.74. The van der Waals surface area contributed by atoms with Gasteiger partial charge in [-0.15, -0.1) is 0 Å². The van der Waals surface area contributed by atoms with Crippen LogP contribution in [0.2, 0.25) is 0 Å². The second-order valence-corrected chi connectivity index (χ2v) is 2.74. The Balaban J connectivity index is 2.50. The molecule has 54 valence electrons. The molecule has 2 N–H and O–H groups in total. The molecular formula is C7H10N2O. The van der Waals surface area contributed by atoms with Gasteiger partial charge >= 0.3 is 5.69 Å². The molecule has 0 atom stereocenters. The first-order valence-corrected chi connectivity index (χ1v) is 3.66. The van der Waals surface area contributed by atoms with Crippen LogP contribution in [0.4, 0.5) is 0 Å². The van der Waals surface area contributed by atoms with Crippen molar-refractivity contribution in [1.82, 2.24) is 9.97 Å². The second kappa shape index (κ2) is 2.01. The maximum Gasteiger partial charge on any atom is 0.323 e. The van der Waals surface area contributed by atoms with Crippen molar-refractivity contribution in [2.45, 2.75) is 25.7 Å². The van der Waals surface area contributed by atoms with Gasteiger partial charge < -0.3 is 9.97 Å². The molecule has 0 bridgehead atoms. The number of hydrogen-bond acceptors (Lipinski definition) is 1. The van der Waals surface area contributed by atoms with E-state index in [1.165, 1.54) is 12.8 Å². The fourth-order valence-corrected chi connectivity index (χ4v) is 1.49. The molecule has 0 spiro atoms. The minimum Gasteiger partial charge on any atom is -0.310 e. The van der Waals surface area contributed by atoms with Crippen LogP contribution >= 0.6 is 0 Å². The van der Waals surface area contributed by atoms with E-state index in [4.69, 9.17) is 0 Å². The summed E-state index contributed by atoms with van der Waals surface area (Å²) in [7, 11) is 0. The normalized spacial score (nSPS) is 16.8. The highest BCUT2D eigenvalue weighted by molar-refractivity contribution is 5.13. The van der Waals surface area contributed by atoms with Crippen LogP contribution in [0.15, 0.2) is 4.79 Å². The number of fused-ring (bicyclic) bond motifs is 1. The highest BCUT2D eigenvalue weighted by atomic mass is 16.1. The third-order valence-corrected chi connectivity index (χ3v) is 2.00. The van der Waals surface area contributed by atoms with Crippen LogP contribution in [0.3, 0.4) is 0 Å². The lowest BCUT2D eigenvalue weighted by atomic mass is 10.0. The van der Waals surface area contributed by atoms with E-state index < -0.39 is 0 Å². The molecule has 0 fully saturated rings. The van der Waals surface area contributed by atoms with E-state index in [0.717, 1.165) is 24.2 Å². The molecule has 2 rings (SSSR count). The molecule has 0 radical (unpaired) electrons. The molecule has 1 aliphatic carbocycles. The van der Waals surface area contributed by atoms with Crippen LogP contribution in [-0.4, -0.2) is 9.97 Å². The molecule has 0 aliphatic heterocycles. The number of nitrogens with one attached hydrogen (secondary N) is 2. The van der Waals surface area contributed by atoms with Crippen LogP contribution in [-0.2, 0) is 12.8 Å². The molecule has 3 nitrogen and oxygen atoms in total. The van der Waals surface area contributed by atoms with E-state index >= 15 is 0 Å². The lowest BCUT2D eigenvalue weighted by molar-refractivity contribution is 0.667. The third kappa shape index (κ3) is 0.781. The van der Waals surface area contributed by atoms with Gasteiger partial charge in [0.05, 0.1) is 0 Å². The van der Waals surface area contributed by atoms with Gasteiger partial charge in [0.2, 0.25) is 0 Å². The highest BCUT2D eigenvalue weighted by Crippen LogP contribution is 2.14. The van der Waals surface area contributed by atoms with Gasteiger partial charge in [-0.3, -0.25) is 0 Å².